The first-order valence-corrected chi connectivity index (χ1v) is 7.55. The van der Waals surface area contributed by atoms with Crippen molar-refractivity contribution in [1.82, 2.24) is 10.1 Å². The van der Waals surface area contributed by atoms with Gasteiger partial charge in [0, 0.05) is 20.2 Å². The van der Waals surface area contributed by atoms with Gasteiger partial charge in [0.1, 0.15) is 5.82 Å². The van der Waals surface area contributed by atoms with Crippen molar-refractivity contribution in [3.05, 3.63) is 41.5 Å². The number of ether oxygens (including phenoxy) is 1. The average Bonchev–Trinajstić information content (AvgIpc) is 2.99. The highest BCUT2D eigenvalue weighted by atomic mass is 19.1. The van der Waals surface area contributed by atoms with Crippen LogP contribution < -0.4 is 4.90 Å². The molecule has 1 aliphatic rings. The van der Waals surface area contributed by atoms with E-state index in [1.807, 2.05) is 0 Å². The Hall–Kier alpha value is -1.95. The van der Waals surface area contributed by atoms with E-state index in [9.17, 15) is 4.39 Å². The Morgan fingerprint density at radius 2 is 2.18 bits per heavy atom. The summed E-state index contributed by atoms with van der Waals surface area (Å²) in [4.78, 5) is 6.60. The zero-order valence-electron chi connectivity index (χ0n) is 12.7. The van der Waals surface area contributed by atoms with E-state index in [2.05, 4.69) is 15.0 Å². The fourth-order valence-corrected chi connectivity index (χ4v) is 2.84. The third-order valence-electron chi connectivity index (χ3n) is 3.93. The van der Waals surface area contributed by atoms with Crippen LogP contribution in [0.1, 0.15) is 24.3 Å². The summed E-state index contributed by atoms with van der Waals surface area (Å²) in [5.41, 5.74) is 0.951. The summed E-state index contributed by atoms with van der Waals surface area (Å²) in [6, 6.07) is 6.34. The number of piperidine rings is 1. The lowest BCUT2D eigenvalue weighted by Gasteiger charge is -2.31. The lowest BCUT2D eigenvalue weighted by Crippen LogP contribution is -2.37. The van der Waals surface area contributed by atoms with Gasteiger partial charge in [0.15, 0.2) is 0 Å². The van der Waals surface area contributed by atoms with E-state index in [1.54, 1.807) is 19.2 Å². The fraction of sp³-hybridized carbons (Fsp3) is 0.500. The Kier molecular flexibility index (Phi) is 4.68. The molecule has 2 aromatic rings. The van der Waals surface area contributed by atoms with Crippen molar-refractivity contribution in [1.29, 1.82) is 0 Å². The van der Waals surface area contributed by atoms with Crippen molar-refractivity contribution in [3.8, 4) is 0 Å². The first-order valence-electron chi connectivity index (χ1n) is 7.55. The predicted octanol–water partition coefficient (Wildman–Crippen LogP) is 2.66. The van der Waals surface area contributed by atoms with Gasteiger partial charge in [0.25, 0.3) is 5.95 Å². The van der Waals surface area contributed by atoms with Crippen molar-refractivity contribution in [2.45, 2.75) is 19.3 Å². The van der Waals surface area contributed by atoms with E-state index in [4.69, 9.17) is 9.26 Å². The zero-order valence-corrected chi connectivity index (χ0v) is 12.7. The number of rotatable bonds is 5. The smallest absolute Gasteiger partial charge is 0.266 e. The molecule has 1 aromatic carbocycles. The number of methoxy groups -OCH3 is 1. The number of hydrogen-bond donors (Lipinski definition) is 0. The first kappa shape index (κ1) is 15.0. The summed E-state index contributed by atoms with van der Waals surface area (Å²) < 4.78 is 23.5. The maximum absolute atomic E-state index is 12.9. The van der Waals surface area contributed by atoms with E-state index < -0.39 is 0 Å². The molecular formula is C16H20FN3O2. The standard InChI is InChI=1S/C16H20FN3O2/c1-21-11-13-3-2-8-20(10-13)16-18-15(22-19-16)9-12-4-6-14(17)7-5-12/h4-7,13H,2-3,8-11H2,1H3. The van der Waals surface area contributed by atoms with Crippen LogP contribution in [-0.2, 0) is 11.2 Å². The van der Waals surface area contributed by atoms with Crippen LogP contribution in [0.25, 0.3) is 0 Å². The van der Waals surface area contributed by atoms with Gasteiger partial charge >= 0.3 is 0 Å². The van der Waals surface area contributed by atoms with E-state index in [-0.39, 0.29) is 5.82 Å². The lowest BCUT2D eigenvalue weighted by molar-refractivity contribution is 0.143. The quantitative estimate of drug-likeness (QED) is 0.850. The molecule has 118 valence electrons. The van der Waals surface area contributed by atoms with Gasteiger partial charge in [0.2, 0.25) is 5.89 Å². The summed E-state index contributed by atoms with van der Waals surface area (Å²) in [6.45, 7) is 2.59. The molecule has 1 unspecified atom stereocenters. The Morgan fingerprint density at radius 1 is 1.36 bits per heavy atom. The monoisotopic (exact) mass is 305 g/mol. The van der Waals surface area contributed by atoms with Crippen molar-refractivity contribution in [3.63, 3.8) is 0 Å². The maximum atomic E-state index is 12.9. The molecule has 0 aliphatic carbocycles. The van der Waals surface area contributed by atoms with Crippen LogP contribution in [0.15, 0.2) is 28.8 Å². The fourth-order valence-electron chi connectivity index (χ4n) is 2.84. The van der Waals surface area contributed by atoms with Gasteiger partial charge in [-0.3, -0.25) is 0 Å². The lowest BCUT2D eigenvalue weighted by atomic mass is 9.99. The SMILES string of the molecule is COCC1CCCN(c2noc(Cc3ccc(F)cc3)n2)C1. The molecule has 0 N–H and O–H groups in total. The van der Waals surface area contributed by atoms with Crippen molar-refractivity contribution < 1.29 is 13.7 Å². The third kappa shape index (κ3) is 3.62. The molecule has 1 atom stereocenters. The van der Waals surface area contributed by atoms with E-state index >= 15 is 0 Å². The normalized spacial score (nSPS) is 18.6. The number of anilines is 1. The number of nitrogens with zero attached hydrogens (tertiary/aromatic N) is 3. The van der Waals surface area contributed by atoms with Crippen LogP contribution in [0.3, 0.4) is 0 Å². The molecule has 1 fully saturated rings. The van der Waals surface area contributed by atoms with Crippen LogP contribution in [0.2, 0.25) is 0 Å². The molecule has 2 heterocycles. The van der Waals surface area contributed by atoms with Crippen LogP contribution in [0.5, 0.6) is 0 Å². The van der Waals surface area contributed by atoms with E-state index in [1.165, 1.54) is 18.6 Å². The topological polar surface area (TPSA) is 51.4 Å². The van der Waals surface area contributed by atoms with Crippen LogP contribution in [0.4, 0.5) is 10.3 Å². The number of halogens is 1. The van der Waals surface area contributed by atoms with E-state index in [0.717, 1.165) is 31.7 Å². The van der Waals surface area contributed by atoms with Gasteiger partial charge in [-0.2, -0.15) is 4.98 Å². The van der Waals surface area contributed by atoms with Gasteiger partial charge in [-0.25, -0.2) is 4.39 Å². The minimum Gasteiger partial charge on any atom is -0.384 e. The minimum atomic E-state index is -0.243. The maximum Gasteiger partial charge on any atom is 0.266 e. The zero-order chi connectivity index (χ0) is 15.4. The van der Waals surface area contributed by atoms with Gasteiger partial charge < -0.3 is 14.2 Å². The number of benzene rings is 1. The van der Waals surface area contributed by atoms with Gasteiger partial charge in [-0.05, 0) is 41.6 Å². The highest BCUT2D eigenvalue weighted by Crippen LogP contribution is 2.21. The second-order valence-electron chi connectivity index (χ2n) is 5.70. The molecule has 3 rings (SSSR count). The summed E-state index contributed by atoms with van der Waals surface area (Å²) in [5.74, 6) is 1.46. The van der Waals surface area contributed by atoms with Gasteiger partial charge in [-0.1, -0.05) is 12.1 Å². The number of aromatic nitrogens is 2. The van der Waals surface area contributed by atoms with Crippen LogP contribution in [0, 0.1) is 11.7 Å². The summed E-state index contributed by atoms with van der Waals surface area (Å²) >= 11 is 0. The molecule has 0 radical (unpaired) electrons. The van der Waals surface area contributed by atoms with Crippen LogP contribution in [-0.4, -0.2) is 36.9 Å². The second-order valence-corrected chi connectivity index (χ2v) is 5.70. The molecule has 0 amide bonds. The molecule has 1 saturated heterocycles. The Bertz CT molecular complexity index is 598. The first-order chi connectivity index (χ1) is 10.7. The van der Waals surface area contributed by atoms with Crippen molar-refractivity contribution in [2.75, 3.05) is 31.7 Å². The average molecular weight is 305 g/mol. The second kappa shape index (κ2) is 6.87. The molecule has 22 heavy (non-hydrogen) atoms. The Labute approximate surface area is 129 Å². The predicted molar refractivity (Wildman–Crippen MR) is 80.3 cm³/mol. The van der Waals surface area contributed by atoms with Gasteiger partial charge in [0.05, 0.1) is 13.0 Å². The molecule has 0 saturated carbocycles. The Balaban J connectivity index is 1.64. The molecular weight excluding hydrogens is 285 g/mol. The van der Waals surface area contributed by atoms with Gasteiger partial charge in [-0.15, -0.1) is 0 Å². The molecule has 1 aliphatic heterocycles. The molecule has 5 nitrogen and oxygen atoms in total. The van der Waals surface area contributed by atoms with Crippen LogP contribution >= 0.6 is 0 Å². The van der Waals surface area contributed by atoms with Crippen molar-refractivity contribution >= 4 is 5.95 Å². The largest absolute Gasteiger partial charge is 0.384 e. The molecule has 6 heteroatoms. The molecule has 0 spiro atoms. The third-order valence-corrected chi connectivity index (χ3v) is 3.93. The van der Waals surface area contributed by atoms with Crippen molar-refractivity contribution in [2.24, 2.45) is 5.92 Å². The highest BCUT2D eigenvalue weighted by Gasteiger charge is 2.23. The summed E-state index contributed by atoms with van der Waals surface area (Å²) in [6.07, 6.45) is 2.79. The van der Waals surface area contributed by atoms with E-state index in [0.29, 0.717) is 24.2 Å². The molecule has 1 aromatic heterocycles. The number of hydrogen-bond acceptors (Lipinski definition) is 5. The highest BCUT2D eigenvalue weighted by molar-refractivity contribution is 5.29. The Morgan fingerprint density at radius 3 is 2.95 bits per heavy atom. The molecule has 0 bridgehead atoms. The summed E-state index contributed by atoms with van der Waals surface area (Å²) in [7, 11) is 1.73. The minimum absolute atomic E-state index is 0.243. The summed E-state index contributed by atoms with van der Waals surface area (Å²) in [5, 5.41) is 4.07.